The van der Waals surface area contributed by atoms with Gasteiger partial charge in [-0.25, -0.2) is 13.5 Å². The van der Waals surface area contributed by atoms with Crippen LogP contribution in [-0.2, 0) is 12.4 Å². The Morgan fingerprint density at radius 2 is 1.51 bits per heavy atom. The fourth-order valence-corrected chi connectivity index (χ4v) is 3.82. The van der Waals surface area contributed by atoms with Gasteiger partial charge in [0.05, 0.1) is 11.3 Å². The third-order valence-corrected chi connectivity index (χ3v) is 5.70. The Morgan fingerprint density at radius 3 is 2.07 bits per heavy atom. The van der Waals surface area contributed by atoms with Crippen molar-refractivity contribution in [3.05, 3.63) is 106 Å². The summed E-state index contributed by atoms with van der Waals surface area (Å²) in [6, 6.07) is 10.4. The van der Waals surface area contributed by atoms with Gasteiger partial charge in [0.2, 0.25) is 5.96 Å². The number of rotatable bonds is 4. The molecule has 4 aromatic rings. The predicted octanol–water partition coefficient (Wildman–Crippen LogP) is 7.68. The zero-order chi connectivity index (χ0) is 30.1. The maximum Gasteiger partial charge on any atom is 0.435 e. The van der Waals surface area contributed by atoms with Crippen LogP contribution in [0.2, 0.25) is 5.02 Å². The molecule has 0 aliphatic carbocycles. The lowest BCUT2D eigenvalue weighted by Crippen LogP contribution is -2.36. The average Bonchev–Trinajstić information content (AvgIpc) is 3.19. The molecule has 214 valence electrons. The first-order valence-corrected chi connectivity index (χ1v) is 11.7. The van der Waals surface area contributed by atoms with Crippen LogP contribution in [0.5, 0.6) is 0 Å². The van der Waals surface area contributed by atoms with Crippen LogP contribution in [0, 0.1) is 18.6 Å². The molecule has 0 bridgehead atoms. The number of amides is 1. The van der Waals surface area contributed by atoms with E-state index in [1.807, 2.05) is 0 Å². The van der Waals surface area contributed by atoms with Crippen LogP contribution in [-0.4, -0.2) is 21.6 Å². The summed E-state index contributed by atoms with van der Waals surface area (Å²) in [4.78, 5) is 17.0. The predicted molar refractivity (Wildman–Crippen MR) is 134 cm³/mol. The highest BCUT2D eigenvalue weighted by molar-refractivity contribution is 6.31. The molecule has 1 aromatic heterocycles. The zero-order valence-electron chi connectivity index (χ0n) is 20.5. The van der Waals surface area contributed by atoms with Gasteiger partial charge in [0, 0.05) is 21.8 Å². The van der Waals surface area contributed by atoms with E-state index in [2.05, 4.69) is 20.7 Å². The molecular weight excluding hydrogens is 586 g/mol. The molecule has 0 fully saturated rings. The van der Waals surface area contributed by atoms with Gasteiger partial charge in [-0.3, -0.25) is 10.1 Å². The van der Waals surface area contributed by atoms with Crippen LogP contribution in [0.1, 0.15) is 27.2 Å². The van der Waals surface area contributed by atoms with Gasteiger partial charge in [0.25, 0.3) is 5.91 Å². The first kappa shape index (κ1) is 29.5. The van der Waals surface area contributed by atoms with Gasteiger partial charge in [-0.05, 0) is 73.7 Å². The second-order valence-electron chi connectivity index (χ2n) is 8.46. The van der Waals surface area contributed by atoms with E-state index in [1.165, 1.54) is 6.07 Å². The Bertz CT molecular complexity index is 1590. The van der Waals surface area contributed by atoms with Crippen molar-refractivity contribution in [1.82, 2.24) is 15.1 Å². The van der Waals surface area contributed by atoms with Crippen molar-refractivity contribution in [3.8, 4) is 5.69 Å². The summed E-state index contributed by atoms with van der Waals surface area (Å²) >= 11 is 5.87. The van der Waals surface area contributed by atoms with E-state index >= 15 is 0 Å². The highest BCUT2D eigenvalue weighted by Crippen LogP contribution is 2.37. The molecule has 41 heavy (non-hydrogen) atoms. The van der Waals surface area contributed by atoms with Crippen LogP contribution < -0.4 is 10.6 Å². The molecular formula is C26H16ClF8N5O. The van der Waals surface area contributed by atoms with Crippen molar-refractivity contribution in [3.63, 3.8) is 0 Å². The average molecular weight is 602 g/mol. The molecule has 0 unspecified atom stereocenters. The summed E-state index contributed by atoms with van der Waals surface area (Å²) in [5.41, 5.74) is -3.20. The number of aromatic nitrogens is 2. The zero-order valence-corrected chi connectivity index (χ0v) is 21.3. The molecule has 0 aliphatic rings. The fraction of sp³-hybridized carbons (Fsp3) is 0.115. The molecule has 0 saturated heterocycles. The number of aliphatic imine (C=N–C) groups is 1. The van der Waals surface area contributed by atoms with E-state index in [1.54, 1.807) is 0 Å². The van der Waals surface area contributed by atoms with Crippen molar-refractivity contribution in [2.75, 3.05) is 5.32 Å². The molecule has 3 aromatic carbocycles. The number of hydrogen-bond donors (Lipinski definition) is 2. The number of halogens is 9. The van der Waals surface area contributed by atoms with Gasteiger partial charge < -0.3 is 5.32 Å². The molecule has 0 radical (unpaired) electrons. The molecule has 1 amide bonds. The number of anilines is 1. The van der Waals surface area contributed by atoms with Crippen molar-refractivity contribution >= 4 is 35.0 Å². The van der Waals surface area contributed by atoms with Crippen molar-refractivity contribution in [2.24, 2.45) is 4.99 Å². The van der Waals surface area contributed by atoms with Crippen LogP contribution in [0.15, 0.2) is 71.7 Å². The Hall–Kier alpha value is -4.46. The van der Waals surface area contributed by atoms with Gasteiger partial charge in [-0.2, -0.15) is 36.4 Å². The number of benzene rings is 3. The number of guanidine groups is 1. The van der Waals surface area contributed by atoms with Crippen LogP contribution in [0.4, 0.5) is 46.6 Å². The van der Waals surface area contributed by atoms with E-state index < -0.39 is 58.5 Å². The van der Waals surface area contributed by atoms with E-state index in [9.17, 15) is 39.9 Å². The Morgan fingerprint density at radius 1 is 0.878 bits per heavy atom. The normalized spacial score (nSPS) is 12.4. The second-order valence-corrected chi connectivity index (χ2v) is 8.89. The van der Waals surface area contributed by atoms with E-state index in [4.69, 9.17) is 11.6 Å². The Balaban J connectivity index is 1.83. The largest absolute Gasteiger partial charge is 0.435 e. The van der Waals surface area contributed by atoms with E-state index in [0.717, 1.165) is 60.1 Å². The summed E-state index contributed by atoms with van der Waals surface area (Å²) < 4.78 is 108. The number of carbonyl (C=O) groups is 1. The monoisotopic (exact) mass is 601 g/mol. The third-order valence-electron chi connectivity index (χ3n) is 5.48. The lowest BCUT2D eigenvalue weighted by Gasteiger charge is -2.14. The number of nitrogens with zero attached hydrogens (tertiary/aromatic N) is 3. The minimum absolute atomic E-state index is 0.0223. The second kappa shape index (κ2) is 11.2. The van der Waals surface area contributed by atoms with Gasteiger partial charge in [-0.15, -0.1) is 0 Å². The number of nitrogens with one attached hydrogen (secondary N) is 2. The van der Waals surface area contributed by atoms with Crippen LogP contribution in [0.25, 0.3) is 5.69 Å². The molecule has 4 rings (SSSR count). The van der Waals surface area contributed by atoms with E-state index in [0.29, 0.717) is 12.1 Å². The molecule has 15 heteroatoms. The summed E-state index contributed by atoms with van der Waals surface area (Å²) in [5.74, 6) is -3.50. The molecule has 0 aliphatic heterocycles. The fourth-order valence-electron chi connectivity index (χ4n) is 3.60. The first-order valence-electron chi connectivity index (χ1n) is 11.3. The molecule has 0 saturated carbocycles. The van der Waals surface area contributed by atoms with Gasteiger partial charge in [0.15, 0.2) is 11.5 Å². The maximum atomic E-state index is 14.0. The summed E-state index contributed by atoms with van der Waals surface area (Å²) in [7, 11) is 0. The Kier molecular flexibility index (Phi) is 8.06. The molecule has 0 spiro atoms. The number of hydrogen-bond acceptors (Lipinski definition) is 3. The topological polar surface area (TPSA) is 71.3 Å². The number of carbonyl (C=O) groups excluding carboxylic acids is 1. The van der Waals surface area contributed by atoms with Crippen LogP contribution >= 0.6 is 11.6 Å². The lowest BCUT2D eigenvalue weighted by atomic mass is 10.1. The standard InChI is InChI=1S/C26H16ClF8N5O/c1-13-21(26(33,34)35)39-40(20-8-6-17(28)7-9-20)22(13)37-24(36-19-11-16(27)10-18(29)12-19)38-23(41)14-2-4-15(5-3-14)25(30,31)32/h2-12H,1H3,(H2,36,37,38,41). The molecule has 0 atom stereocenters. The summed E-state index contributed by atoms with van der Waals surface area (Å²) in [6.45, 7) is 1.06. The Labute approximate surface area is 231 Å². The van der Waals surface area contributed by atoms with Gasteiger partial charge >= 0.3 is 12.4 Å². The highest BCUT2D eigenvalue weighted by Gasteiger charge is 2.38. The molecule has 1 heterocycles. The minimum atomic E-state index is -4.92. The van der Waals surface area contributed by atoms with Crippen molar-refractivity contribution < 1.29 is 39.9 Å². The van der Waals surface area contributed by atoms with E-state index in [-0.39, 0.29) is 22.0 Å². The SMILES string of the molecule is Cc1c(C(F)(F)F)nn(-c2ccc(F)cc2)c1N=C(NC(=O)c1ccc(C(F)(F)F)cc1)Nc1cc(F)cc(Cl)c1. The summed E-state index contributed by atoms with van der Waals surface area (Å²) in [5, 5.41) is 8.30. The maximum absolute atomic E-state index is 14.0. The van der Waals surface area contributed by atoms with Crippen molar-refractivity contribution in [1.29, 1.82) is 0 Å². The molecule has 2 N–H and O–H groups in total. The van der Waals surface area contributed by atoms with Crippen molar-refractivity contribution in [2.45, 2.75) is 19.3 Å². The van der Waals surface area contributed by atoms with Gasteiger partial charge in [0.1, 0.15) is 11.6 Å². The number of alkyl halides is 6. The molecule has 6 nitrogen and oxygen atoms in total. The third kappa shape index (κ3) is 7.01. The van der Waals surface area contributed by atoms with Crippen LogP contribution in [0.3, 0.4) is 0 Å². The summed E-state index contributed by atoms with van der Waals surface area (Å²) in [6.07, 6.45) is -9.58. The highest BCUT2D eigenvalue weighted by atomic mass is 35.5. The quantitative estimate of drug-likeness (QED) is 0.143. The lowest BCUT2D eigenvalue weighted by molar-refractivity contribution is -0.141. The van der Waals surface area contributed by atoms with Gasteiger partial charge in [-0.1, -0.05) is 11.6 Å². The first-order chi connectivity index (χ1) is 19.1. The minimum Gasteiger partial charge on any atom is -0.325 e. The smallest absolute Gasteiger partial charge is 0.325 e.